The molecule has 0 unspecified atom stereocenters. The molecule has 0 aliphatic heterocycles. The Kier molecular flexibility index (Phi) is 3.56. The number of nitrogens with one attached hydrogen (secondary N) is 1. The highest BCUT2D eigenvalue weighted by Gasteiger charge is 2.12. The van der Waals surface area contributed by atoms with E-state index in [1.54, 1.807) is 6.20 Å². The monoisotopic (exact) mass is 206 g/mol. The predicted molar refractivity (Wildman–Crippen MR) is 60.7 cm³/mol. The summed E-state index contributed by atoms with van der Waals surface area (Å²) in [7, 11) is 0. The van der Waals surface area contributed by atoms with E-state index < -0.39 is 0 Å². The van der Waals surface area contributed by atoms with Crippen molar-refractivity contribution in [2.75, 3.05) is 5.32 Å². The van der Waals surface area contributed by atoms with E-state index in [0.717, 1.165) is 11.4 Å². The van der Waals surface area contributed by atoms with E-state index in [2.05, 4.69) is 10.3 Å². The van der Waals surface area contributed by atoms with Crippen molar-refractivity contribution in [2.45, 2.75) is 44.8 Å². The summed E-state index contributed by atoms with van der Waals surface area (Å²) < 4.78 is 0. The summed E-state index contributed by atoms with van der Waals surface area (Å²) in [5.74, 6) is 0.930. The maximum absolute atomic E-state index is 8.89. The summed E-state index contributed by atoms with van der Waals surface area (Å²) in [6.07, 6.45) is 8.26. The van der Waals surface area contributed by atoms with Crippen molar-refractivity contribution in [1.82, 2.24) is 4.98 Å². The highest BCUT2D eigenvalue weighted by molar-refractivity contribution is 5.36. The topological polar surface area (TPSA) is 45.1 Å². The lowest BCUT2D eigenvalue weighted by molar-refractivity contribution is 0.281. The number of hydrogen-bond acceptors (Lipinski definition) is 3. The van der Waals surface area contributed by atoms with Crippen LogP contribution >= 0.6 is 0 Å². The molecule has 0 amide bonds. The van der Waals surface area contributed by atoms with Gasteiger partial charge in [-0.15, -0.1) is 0 Å². The summed E-state index contributed by atoms with van der Waals surface area (Å²) >= 11 is 0. The first kappa shape index (κ1) is 10.4. The highest BCUT2D eigenvalue weighted by atomic mass is 16.3. The van der Waals surface area contributed by atoms with E-state index in [1.807, 2.05) is 12.1 Å². The Balaban J connectivity index is 1.91. The SMILES string of the molecule is OCc1ccc(NC2CCCCC2)nc1. The zero-order valence-corrected chi connectivity index (χ0v) is 8.95. The molecule has 1 saturated carbocycles. The van der Waals surface area contributed by atoms with Gasteiger partial charge in [0.25, 0.3) is 0 Å². The summed E-state index contributed by atoms with van der Waals surface area (Å²) in [5, 5.41) is 12.3. The standard InChI is InChI=1S/C12H18N2O/c15-9-10-6-7-12(13-8-10)14-11-4-2-1-3-5-11/h6-8,11,15H,1-5,9H2,(H,13,14). The first-order chi connectivity index (χ1) is 7.38. The van der Waals surface area contributed by atoms with Gasteiger partial charge in [0.15, 0.2) is 0 Å². The molecule has 3 nitrogen and oxygen atoms in total. The number of hydrogen-bond donors (Lipinski definition) is 2. The van der Waals surface area contributed by atoms with Gasteiger partial charge in [-0.2, -0.15) is 0 Å². The van der Waals surface area contributed by atoms with Gasteiger partial charge in [0, 0.05) is 12.2 Å². The lowest BCUT2D eigenvalue weighted by Crippen LogP contribution is -2.22. The first-order valence-electron chi connectivity index (χ1n) is 5.71. The van der Waals surface area contributed by atoms with Crippen LogP contribution in [0.15, 0.2) is 18.3 Å². The van der Waals surface area contributed by atoms with Crippen molar-refractivity contribution in [1.29, 1.82) is 0 Å². The van der Waals surface area contributed by atoms with E-state index >= 15 is 0 Å². The van der Waals surface area contributed by atoms with Gasteiger partial charge in [-0.3, -0.25) is 0 Å². The summed E-state index contributed by atoms with van der Waals surface area (Å²) in [5.41, 5.74) is 0.865. The highest BCUT2D eigenvalue weighted by Crippen LogP contribution is 2.20. The van der Waals surface area contributed by atoms with E-state index in [4.69, 9.17) is 5.11 Å². The van der Waals surface area contributed by atoms with E-state index in [1.165, 1.54) is 32.1 Å². The normalized spacial score (nSPS) is 17.7. The van der Waals surface area contributed by atoms with E-state index in [0.29, 0.717) is 6.04 Å². The Hall–Kier alpha value is -1.09. The lowest BCUT2D eigenvalue weighted by Gasteiger charge is -2.23. The Labute approximate surface area is 90.5 Å². The molecule has 82 valence electrons. The number of aliphatic hydroxyl groups is 1. The molecule has 0 aromatic carbocycles. The van der Waals surface area contributed by atoms with E-state index in [-0.39, 0.29) is 6.61 Å². The molecule has 1 aromatic heterocycles. The zero-order valence-electron chi connectivity index (χ0n) is 8.95. The predicted octanol–water partition coefficient (Wildman–Crippen LogP) is 2.32. The third-order valence-electron chi connectivity index (χ3n) is 2.96. The minimum absolute atomic E-state index is 0.0662. The molecule has 0 bridgehead atoms. The molecule has 2 rings (SSSR count). The zero-order chi connectivity index (χ0) is 10.5. The Morgan fingerprint density at radius 1 is 1.27 bits per heavy atom. The van der Waals surface area contributed by atoms with Crippen LogP contribution in [0.5, 0.6) is 0 Å². The molecule has 0 saturated heterocycles. The number of rotatable bonds is 3. The molecule has 1 aliphatic rings. The third kappa shape index (κ3) is 2.93. The summed E-state index contributed by atoms with van der Waals surface area (Å²) in [6, 6.07) is 4.45. The van der Waals surface area contributed by atoms with Crippen molar-refractivity contribution < 1.29 is 5.11 Å². The molecule has 1 aromatic rings. The van der Waals surface area contributed by atoms with Gasteiger partial charge in [-0.05, 0) is 24.5 Å². The Bertz CT molecular complexity index is 291. The number of aliphatic hydroxyl groups excluding tert-OH is 1. The van der Waals surface area contributed by atoms with Crippen LogP contribution in [0.1, 0.15) is 37.7 Å². The van der Waals surface area contributed by atoms with Crippen LogP contribution in [-0.4, -0.2) is 16.1 Å². The van der Waals surface area contributed by atoms with Crippen molar-refractivity contribution in [3.63, 3.8) is 0 Å². The van der Waals surface area contributed by atoms with Gasteiger partial charge in [0.05, 0.1) is 6.61 Å². The van der Waals surface area contributed by atoms with Gasteiger partial charge in [0.2, 0.25) is 0 Å². The number of aromatic nitrogens is 1. The number of pyridine rings is 1. The molecular weight excluding hydrogens is 188 g/mol. The molecular formula is C12H18N2O. The molecule has 0 atom stereocenters. The van der Waals surface area contributed by atoms with Crippen LogP contribution < -0.4 is 5.32 Å². The third-order valence-corrected chi connectivity index (χ3v) is 2.96. The smallest absolute Gasteiger partial charge is 0.126 e. The van der Waals surface area contributed by atoms with Crippen LogP contribution in [0.25, 0.3) is 0 Å². The fourth-order valence-electron chi connectivity index (χ4n) is 2.06. The van der Waals surface area contributed by atoms with Crippen LogP contribution in [0.4, 0.5) is 5.82 Å². The maximum Gasteiger partial charge on any atom is 0.126 e. The second kappa shape index (κ2) is 5.12. The second-order valence-electron chi connectivity index (χ2n) is 4.19. The van der Waals surface area contributed by atoms with Gasteiger partial charge in [-0.1, -0.05) is 25.3 Å². The fraction of sp³-hybridized carbons (Fsp3) is 0.583. The van der Waals surface area contributed by atoms with Crippen LogP contribution in [-0.2, 0) is 6.61 Å². The van der Waals surface area contributed by atoms with Crippen LogP contribution in [0.3, 0.4) is 0 Å². The van der Waals surface area contributed by atoms with Crippen molar-refractivity contribution in [3.8, 4) is 0 Å². The lowest BCUT2D eigenvalue weighted by atomic mass is 9.95. The number of nitrogens with zero attached hydrogens (tertiary/aromatic N) is 1. The van der Waals surface area contributed by atoms with Crippen molar-refractivity contribution >= 4 is 5.82 Å². The van der Waals surface area contributed by atoms with Crippen molar-refractivity contribution in [2.24, 2.45) is 0 Å². The molecule has 1 heterocycles. The van der Waals surface area contributed by atoms with Gasteiger partial charge >= 0.3 is 0 Å². The average Bonchev–Trinajstić information content (AvgIpc) is 2.31. The summed E-state index contributed by atoms with van der Waals surface area (Å²) in [4.78, 5) is 4.27. The molecule has 2 N–H and O–H groups in total. The molecule has 3 heteroatoms. The van der Waals surface area contributed by atoms with E-state index in [9.17, 15) is 0 Å². The Morgan fingerprint density at radius 3 is 2.67 bits per heavy atom. The van der Waals surface area contributed by atoms with Crippen LogP contribution in [0.2, 0.25) is 0 Å². The largest absolute Gasteiger partial charge is 0.392 e. The van der Waals surface area contributed by atoms with Crippen molar-refractivity contribution in [3.05, 3.63) is 23.9 Å². The molecule has 1 fully saturated rings. The average molecular weight is 206 g/mol. The number of anilines is 1. The van der Waals surface area contributed by atoms with Gasteiger partial charge < -0.3 is 10.4 Å². The minimum atomic E-state index is 0.0662. The molecule has 0 spiro atoms. The van der Waals surface area contributed by atoms with Gasteiger partial charge in [-0.25, -0.2) is 4.98 Å². The molecule has 1 aliphatic carbocycles. The van der Waals surface area contributed by atoms with Gasteiger partial charge in [0.1, 0.15) is 5.82 Å². The maximum atomic E-state index is 8.89. The fourth-order valence-corrected chi connectivity index (χ4v) is 2.06. The minimum Gasteiger partial charge on any atom is -0.392 e. The summed E-state index contributed by atoms with van der Waals surface area (Å²) in [6.45, 7) is 0.0662. The second-order valence-corrected chi connectivity index (χ2v) is 4.19. The molecule has 15 heavy (non-hydrogen) atoms. The van der Waals surface area contributed by atoms with Crippen LogP contribution in [0, 0.1) is 0 Å². The first-order valence-corrected chi connectivity index (χ1v) is 5.71. The quantitative estimate of drug-likeness (QED) is 0.797. The molecule has 0 radical (unpaired) electrons. The Morgan fingerprint density at radius 2 is 2.07 bits per heavy atom.